The molecule has 5 rings (SSSR count). The van der Waals surface area contributed by atoms with Crippen molar-refractivity contribution in [2.45, 2.75) is 49.1 Å². The lowest BCUT2D eigenvalue weighted by molar-refractivity contribution is 0.145. The molecule has 1 saturated carbocycles. The van der Waals surface area contributed by atoms with Crippen molar-refractivity contribution in [1.82, 2.24) is 29.4 Å². The van der Waals surface area contributed by atoms with Crippen molar-refractivity contribution in [2.24, 2.45) is 0 Å². The summed E-state index contributed by atoms with van der Waals surface area (Å²) in [6, 6.07) is 12.4. The van der Waals surface area contributed by atoms with Crippen LogP contribution in [0.15, 0.2) is 47.4 Å². The van der Waals surface area contributed by atoms with Gasteiger partial charge < -0.3 is 14.2 Å². The Hall–Kier alpha value is -3.22. The maximum absolute atomic E-state index is 13.4. The minimum atomic E-state index is -3.63. The van der Waals surface area contributed by atoms with Gasteiger partial charge in [-0.2, -0.15) is 4.31 Å². The van der Waals surface area contributed by atoms with Crippen LogP contribution in [-0.2, 0) is 10.0 Å². The molecular formula is C27H36N6O5S. The Bertz CT molecular complexity index is 1350. The molecule has 0 unspecified atom stereocenters. The molecule has 0 amide bonds. The molecule has 0 N–H and O–H groups in total. The highest BCUT2D eigenvalue weighted by atomic mass is 32.2. The smallest absolute Gasteiger partial charge is 0.243 e. The van der Waals surface area contributed by atoms with Gasteiger partial charge in [-0.25, -0.2) is 13.1 Å². The van der Waals surface area contributed by atoms with E-state index in [-0.39, 0.29) is 17.0 Å². The molecule has 1 aliphatic heterocycles. The fourth-order valence-corrected chi connectivity index (χ4v) is 7.03. The minimum absolute atomic E-state index is 0.253. The molecule has 0 spiro atoms. The summed E-state index contributed by atoms with van der Waals surface area (Å²) >= 11 is 0. The minimum Gasteiger partial charge on any atom is -0.497 e. The average Bonchev–Trinajstić information content (AvgIpc) is 3.47. The first-order valence-corrected chi connectivity index (χ1v) is 14.8. The summed E-state index contributed by atoms with van der Waals surface area (Å²) in [4.78, 5) is 2.51. The van der Waals surface area contributed by atoms with E-state index in [1.165, 1.54) is 6.42 Å². The van der Waals surface area contributed by atoms with Gasteiger partial charge in [-0.05, 0) is 65.2 Å². The second-order valence-electron chi connectivity index (χ2n) is 9.91. The van der Waals surface area contributed by atoms with Gasteiger partial charge >= 0.3 is 0 Å². The normalized spacial score (nSPS) is 18.5. The van der Waals surface area contributed by atoms with Crippen LogP contribution in [0.25, 0.3) is 0 Å². The molecule has 0 radical (unpaired) electrons. The van der Waals surface area contributed by atoms with Crippen LogP contribution < -0.4 is 14.2 Å². The SMILES string of the molecule is COc1ccc(S(=O)(=O)N2CCN([C@@H](c3ccc(OC)c(OC)c3)c3nnnn3C3CCCCC3)CC2)cc1. The Morgan fingerprint density at radius 1 is 0.846 bits per heavy atom. The first-order valence-electron chi connectivity index (χ1n) is 13.3. The monoisotopic (exact) mass is 556 g/mol. The highest BCUT2D eigenvalue weighted by molar-refractivity contribution is 7.89. The van der Waals surface area contributed by atoms with Gasteiger partial charge in [-0.1, -0.05) is 25.3 Å². The number of sulfonamides is 1. The Morgan fingerprint density at radius 3 is 2.18 bits per heavy atom. The molecule has 3 aromatic rings. The van der Waals surface area contributed by atoms with Crippen LogP contribution >= 0.6 is 0 Å². The van der Waals surface area contributed by atoms with Crippen LogP contribution in [0, 0.1) is 0 Å². The second kappa shape index (κ2) is 11.9. The summed E-state index contributed by atoms with van der Waals surface area (Å²) in [6.07, 6.45) is 5.65. The summed E-state index contributed by atoms with van der Waals surface area (Å²) < 4.78 is 46.5. The predicted octanol–water partition coefficient (Wildman–Crippen LogP) is 3.30. The Kier molecular flexibility index (Phi) is 8.34. The molecule has 1 atom stereocenters. The lowest BCUT2D eigenvalue weighted by atomic mass is 9.95. The molecule has 39 heavy (non-hydrogen) atoms. The third-order valence-corrected chi connectivity index (χ3v) is 9.66. The lowest BCUT2D eigenvalue weighted by Crippen LogP contribution is -2.50. The van der Waals surface area contributed by atoms with Gasteiger partial charge in [0, 0.05) is 26.2 Å². The third-order valence-electron chi connectivity index (χ3n) is 7.74. The van der Waals surface area contributed by atoms with E-state index in [0.717, 1.165) is 37.1 Å². The summed E-state index contributed by atoms with van der Waals surface area (Å²) in [6.45, 7) is 1.74. The van der Waals surface area contributed by atoms with Gasteiger partial charge in [0.1, 0.15) is 5.75 Å². The molecule has 1 aliphatic carbocycles. The highest BCUT2D eigenvalue weighted by Gasteiger charge is 2.36. The van der Waals surface area contributed by atoms with Crippen LogP contribution in [0.5, 0.6) is 17.2 Å². The van der Waals surface area contributed by atoms with Crippen molar-refractivity contribution in [3.05, 3.63) is 53.9 Å². The van der Waals surface area contributed by atoms with Crippen LogP contribution in [0.2, 0.25) is 0 Å². The maximum Gasteiger partial charge on any atom is 0.243 e. The van der Waals surface area contributed by atoms with E-state index in [4.69, 9.17) is 14.2 Å². The topological polar surface area (TPSA) is 112 Å². The predicted molar refractivity (Wildman–Crippen MR) is 145 cm³/mol. The first kappa shape index (κ1) is 27.4. The number of nitrogens with zero attached hydrogens (tertiary/aromatic N) is 6. The Balaban J connectivity index is 1.44. The largest absolute Gasteiger partial charge is 0.497 e. The fourth-order valence-electron chi connectivity index (χ4n) is 5.61. The van der Waals surface area contributed by atoms with E-state index in [9.17, 15) is 8.42 Å². The van der Waals surface area contributed by atoms with Gasteiger partial charge in [-0.3, -0.25) is 4.90 Å². The van der Waals surface area contributed by atoms with E-state index in [1.54, 1.807) is 49.9 Å². The number of piperazine rings is 1. The number of benzene rings is 2. The summed E-state index contributed by atoms with van der Waals surface area (Å²) in [5, 5.41) is 13.0. The van der Waals surface area contributed by atoms with Gasteiger partial charge in [0.15, 0.2) is 17.3 Å². The summed E-state index contributed by atoms with van der Waals surface area (Å²) in [5.74, 6) is 2.65. The molecule has 11 nitrogen and oxygen atoms in total. The van der Waals surface area contributed by atoms with Crippen molar-refractivity contribution in [3.8, 4) is 17.2 Å². The zero-order valence-corrected chi connectivity index (χ0v) is 23.5. The number of hydrogen-bond donors (Lipinski definition) is 0. The van der Waals surface area contributed by atoms with Crippen molar-refractivity contribution < 1.29 is 22.6 Å². The van der Waals surface area contributed by atoms with E-state index >= 15 is 0 Å². The van der Waals surface area contributed by atoms with Gasteiger partial charge in [-0.15, -0.1) is 5.10 Å². The van der Waals surface area contributed by atoms with Gasteiger partial charge in [0.2, 0.25) is 10.0 Å². The maximum atomic E-state index is 13.4. The standard InChI is InChI=1S/C27H36N6O5S/c1-36-22-10-12-23(13-11-22)39(34,35)32-17-15-31(16-18-32)26(20-9-14-24(37-2)25(19-20)38-3)27-28-29-30-33(27)21-7-5-4-6-8-21/h9-14,19,21,26H,4-8,15-18H2,1-3H3/t26-/m0/s1. The third kappa shape index (κ3) is 5.59. The zero-order chi connectivity index (χ0) is 27.4. The molecule has 1 saturated heterocycles. The Labute approximate surface area is 229 Å². The van der Waals surface area contributed by atoms with Crippen molar-refractivity contribution in [2.75, 3.05) is 47.5 Å². The summed E-state index contributed by atoms with van der Waals surface area (Å²) in [7, 11) is 1.16. The average molecular weight is 557 g/mol. The number of ether oxygens (including phenoxy) is 3. The van der Waals surface area contributed by atoms with Crippen LogP contribution in [0.1, 0.15) is 55.6 Å². The number of methoxy groups -OCH3 is 3. The molecule has 210 valence electrons. The van der Waals surface area contributed by atoms with Crippen molar-refractivity contribution in [1.29, 1.82) is 0 Å². The molecule has 12 heteroatoms. The molecule has 2 fully saturated rings. The van der Waals surface area contributed by atoms with Gasteiger partial charge in [0.25, 0.3) is 0 Å². The molecule has 2 aliphatic rings. The number of rotatable bonds is 9. The zero-order valence-electron chi connectivity index (χ0n) is 22.7. The molecule has 0 bridgehead atoms. The molecule has 2 heterocycles. The molecule has 2 aromatic carbocycles. The van der Waals surface area contributed by atoms with Crippen molar-refractivity contribution >= 4 is 10.0 Å². The van der Waals surface area contributed by atoms with Crippen LogP contribution in [0.4, 0.5) is 0 Å². The number of tetrazole rings is 1. The first-order chi connectivity index (χ1) is 19.0. The van der Waals surface area contributed by atoms with E-state index in [2.05, 4.69) is 20.4 Å². The number of aromatic nitrogens is 4. The fraction of sp³-hybridized carbons (Fsp3) is 0.519. The Morgan fingerprint density at radius 2 is 1.54 bits per heavy atom. The van der Waals surface area contributed by atoms with E-state index < -0.39 is 10.0 Å². The quantitative estimate of drug-likeness (QED) is 0.392. The van der Waals surface area contributed by atoms with Crippen molar-refractivity contribution in [3.63, 3.8) is 0 Å². The van der Waals surface area contributed by atoms with Gasteiger partial charge in [0.05, 0.1) is 38.3 Å². The molecular weight excluding hydrogens is 520 g/mol. The highest BCUT2D eigenvalue weighted by Crippen LogP contribution is 2.37. The van der Waals surface area contributed by atoms with E-state index in [1.807, 2.05) is 22.9 Å². The summed E-state index contributed by atoms with van der Waals surface area (Å²) in [5.41, 5.74) is 0.964. The van der Waals surface area contributed by atoms with E-state index in [0.29, 0.717) is 43.4 Å². The lowest BCUT2D eigenvalue weighted by Gasteiger charge is -2.39. The van der Waals surface area contributed by atoms with Crippen LogP contribution in [-0.4, -0.2) is 85.3 Å². The second-order valence-corrected chi connectivity index (χ2v) is 11.8. The number of hydrogen-bond acceptors (Lipinski definition) is 9. The molecule has 1 aromatic heterocycles. The van der Waals surface area contributed by atoms with Crippen LogP contribution in [0.3, 0.4) is 0 Å².